The molecule has 2 aromatic rings. The van der Waals surface area contributed by atoms with E-state index in [1.165, 1.54) is 11.1 Å². The van der Waals surface area contributed by atoms with E-state index in [1.54, 1.807) is 31.2 Å². The molecule has 33 heavy (non-hydrogen) atoms. The Kier molecular flexibility index (Phi) is 6.49. The van der Waals surface area contributed by atoms with Crippen LogP contribution < -0.4 is 16.4 Å². The van der Waals surface area contributed by atoms with Crippen LogP contribution in [0, 0.1) is 17.8 Å². The Bertz CT molecular complexity index is 1140. The van der Waals surface area contributed by atoms with Crippen molar-refractivity contribution in [1.29, 1.82) is 0 Å². The number of benzene rings is 1. The summed E-state index contributed by atoms with van der Waals surface area (Å²) < 4.78 is 1.22. The van der Waals surface area contributed by atoms with Gasteiger partial charge in [-0.1, -0.05) is 44.9 Å². The van der Waals surface area contributed by atoms with E-state index in [0.717, 1.165) is 12.8 Å². The van der Waals surface area contributed by atoms with E-state index in [4.69, 9.17) is 0 Å². The highest BCUT2D eigenvalue weighted by molar-refractivity contribution is 6.05. The third kappa shape index (κ3) is 4.36. The van der Waals surface area contributed by atoms with Crippen molar-refractivity contribution in [3.05, 3.63) is 40.3 Å². The van der Waals surface area contributed by atoms with Crippen molar-refractivity contribution in [1.82, 2.24) is 25.5 Å². The summed E-state index contributed by atoms with van der Waals surface area (Å²) in [6.45, 7) is 6.85. The molecule has 9 nitrogen and oxygen atoms in total. The monoisotopic (exact) mass is 453 g/mol. The van der Waals surface area contributed by atoms with Crippen molar-refractivity contribution >= 4 is 28.5 Å². The molecule has 1 aromatic carbocycles. The zero-order chi connectivity index (χ0) is 23.7. The number of aryl methyl sites for hydroxylation is 1. The molecule has 2 aliphatic rings. The highest BCUT2D eigenvalue weighted by Gasteiger charge is 2.41. The molecule has 1 aliphatic carbocycles. The summed E-state index contributed by atoms with van der Waals surface area (Å²) in [5.74, 6) is -0.580. The molecule has 0 bridgehead atoms. The smallest absolute Gasteiger partial charge is 0.290 e. The number of hydrazine groups is 1. The Morgan fingerprint density at radius 1 is 1.09 bits per heavy atom. The largest absolute Gasteiger partial charge is 0.339 e. The van der Waals surface area contributed by atoms with Gasteiger partial charge in [-0.3, -0.25) is 30.0 Å². The van der Waals surface area contributed by atoms with Crippen LogP contribution in [0.5, 0.6) is 0 Å². The number of aromatic nitrogens is 2. The zero-order valence-electron chi connectivity index (χ0n) is 19.3. The van der Waals surface area contributed by atoms with Gasteiger partial charge in [-0.15, -0.1) is 0 Å². The molecule has 1 saturated carbocycles. The van der Waals surface area contributed by atoms with Gasteiger partial charge in [0.05, 0.1) is 11.3 Å². The van der Waals surface area contributed by atoms with E-state index in [0.29, 0.717) is 35.7 Å². The average Bonchev–Trinajstić information content (AvgIpc) is 3.21. The Labute approximate surface area is 192 Å². The lowest BCUT2D eigenvalue weighted by Crippen LogP contribution is -2.47. The number of hydrogen-bond donors (Lipinski definition) is 2. The van der Waals surface area contributed by atoms with E-state index in [9.17, 15) is 19.2 Å². The topological polar surface area (TPSA) is 113 Å². The minimum absolute atomic E-state index is 0.00453. The van der Waals surface area contributed by atoms with Crippen LogP contribution in [0.2, 0.25) is 0 Å². The quantitative estimate of drug-likeness (QED) is 0.686. The first kappa shape index (κ1) is 22.9. The van der Waals surface area contributed by atoms with E-state index in [1.807, 2.05) is 4.90 Å². The van der Waals surface area contributed by atoms with Crippen LogP contribution in [0.3, 0.4) is 0 Å². The molecular formula is C24H31N5O4. The van der Waals surface area contributed by atoms with Crippen molar-refractivity contribution in [3.63, 3.8) is 0 Å². The van der Waals surface area contributed by atoms with Gasteiger partial charge >= 0.3 is 0 Å². The van der Waals surface area contributed by atoms with Gasteiger partial charge in [-0.05, 0) is 31.2 Å². The molecule has 9 heteroatoms. The van der Waals surface area contributed by atoms with Crippen molar-refractivity contribution in [2.75, 3.05) is 6.54 Å². The van der Waals surface area contributed by atoms with Crippen LogP contribution in [0.15, 0.2) is 29.1 Å². The Morgan fingerprint density at radius 3 is 2.55 bits per heavy atom. The van der Waals surface area contributed by atoms with E-state index < -0.39 is 17.7 Å². The lowest BCUT2D eigenvalue weighted by molar-refractivity contribution is -0.132. The first-order valence-electron chi connectivity index (χ1n) is 11.7. The molecule has 176 valence electrons. The number of nitrogens with one attached hydrogen (secondary N) is 2. The molecule has 2 N–H and O–H groups in total. The molecule has 4 rings (SSSR count). The highest BCUT2D eigenvalue weighted by atomic mass is 16.2. The molecule has 0 unspecified atom stereocenters. The predicted octanol–water partition coefficient (Wildman–Crippen LogP) is 1.85. The summed E-state index contributed by atoms with van der Waals surface area (Å²) in [7, 11) is 0. The summed E-state index contributed by atoms with van der Waals surface area (Å²) in [4.78, 5) is 52.6. The molecule has 3 amide bonds. The number of amides is 3. The standard InChI is InChI=1S/C24H31N5O4/c1-4-29-24(33)18-10-6-5-9-17(18)21(27-29)23(32)26-25-22(31)16-12-20(30)28(13-16)19-11-7-8-14(2)15(19)3/h5-6,9-10,14-16,19H,4,7-8,11-13H2,1-3H3,(H,25,31)(H,26,32)/t14-,15-,16+,19+/m0/s1. The fraction of sp³-hybridized carbons (Fsp3) is 0.542. The molecule has 1 aliphatic heterocycles. The average molecular weight is 454 g/mol. The number of hydrogen-bond acceptors (Lipinski definition) is 5. The predicted molar refractivity (Wildman–Crippen MR) is 123 cm³/mol. The summed E-state index contributed by atoms with van der Waals surface area (Å²) in [6.07, 6.45) is 3.37. The van der Waals surface area contributed by atoms with Crippen LogP contribution >= 0.6 is 0 Å². The molecule has 0 spiro atoms. The van der Waals surface area contributed by atoms with Gasteiger partial charge in [0.25, 0.3) is 11.5 Å². The maximum atomic E-state index is 12.8. The lowest BCUT2D eigenvalue weighted by atomic mass is 9.77. The highest BCUT2D eigenvalue weighted by Crippen LogP contribution is 2.35. The first-order valence-corrected chi connectivity index (χ1v) is 11.7. The SMILES string of the molecule is CCn1nc(C(=O)NNC(=O)[C@@H]2CC(=O)N([C@@H]3CCC[C@H](C)[C@@H]3C)C2)c2ccccc2c1=O. The number of carbonyl (C=O) groups excluding carboxylic acids is 3. The summed E-state index contributed by atoms with van der Waals surface area (Å²) in [6, 6.07) is 6.91. The maximum absolute atomic E-state index is 12.8. The molecule has 2 heterocycles. The summed E-state index contributed by atoms with van der Waals surface area (Å²) in [5, 5.41) is 4.98. The van der Waals surface area contributed by atoms with E-state index >= 15 is 0 Å². The van der Waals surface area contributed by atoms with Crippen molar-refractivity contribution in [3.8, 4) is 0 Å². The molecule has 2 fully saturated rings. The third-order valence-electron chi connectivity index (χ3n) is 7.27. The second kappa shape index (κ2) is 9.33. The molecule has 1 aromatic heterocycles. The zero-order valence-corrected chi connectivity index (χ0v) is 19.3. The Balaban J connectivity index is 1.43. The third-order valence-corrected chi connectivity index (χ3v) is 7.27. The van der Waals surface area contributed by atoms with Gasteiger partial charge in [-0.25, -0.2) is 4.68 Å². The van der Waals surface area contributed by atoms with E-state index in [-0.39, 0.29) is 29.6 Å². The fourth-order valence-corrected chi connectivity index (χ4v) is 5.12. The normalized spacial score (nSPS) is 25.3. The lowest BCUT2D eigenvalue weighted by Gasteiger charge is -2.40. The summed E-state index contributed by atoms with van der Waals surface area (Å²) >= 11 is 0. The van der Waals surface area contributed by atoms with Crippen LogP contribution in [0.1, 0.15) is 56.9 Å². The summed E-state index contributed by atoms with van der Waals surface area (Å²) in [5.41, 5.74) is 4.66. The number of fused-ring (bicyclic) bond motifs is 1. The first-order chi connectivity index (χ1) is 15.8. The molecule has 4 atom stereocenters. The number of carbonyl (C=O) groups is 3. The van der Waals surface area contributed by atoms with Crippen molar-refractivity contribution < 1.29 is 14.4 Å². The second-order valence-electron chi connectivity index (χ2n) is 9.24. The van der Waals surface area contributed by atoms with Gasteiger partial charge < -0.3 is 4.90 Å². The van der Waals surface area contributed by atoms with Crippen LogP contribution in [0.25, 0.3) is 10.8 Å². The van der Waals surface area contributed by atoms with Crippen LogP contribution in [-0.4, -0.2) is 45.0 Å². The number of nitrogens with zero attached hydrogens (tertiary/aromatic N) is 3. The van der Waals surface area contributed by atoms with Gasteiger partial charge in [0.15, 0.2) is 5.69 Å². The second-order valence-corrected chi connectivity index (χ2v) is 9.24. The van der Waals surface area contributed by atoms with Crippen LogP contribution in [-0.2, 0) is 16.1 Å². The van der Waals surface area contributed by atoms with Crippen LogP contribution in [0.4, 0.5) is 0 Å². The van der Waals surface area contributed by atoms with Crippen molar-refractivity contribution in [2.45, 2.75) is 59.0 Å². The number of likely N-dealkylation sites (tertiary alicyclic amines) is 1. The fourth-order valence-electron chi connectivity index (χ4n) is 5.12. The van der Waals surface area contributed by atoms with Gasteiger partial charge in [0.1, 0.15) is 0 Å². The molecular weight excluding hydrogens is 422 g/mol. The molecule has 1 saturated heterocycles. The molecule has 0 radical (unpaired) electrons. The van der Waals surface area contributed by atoms with E-state index in [2.05, 4.69) is 29.8 Å². The van der Waals surface area contributed by atoms with Gasteiger partial charge in [0, 0.05) is 30.9 Å². The minimum atomic E-state index is -0.613. The Hall–Kier alpha value is -3.23. The minimum Gasteiger partial charge on any atom is -0.339 e. The Morgan fingerprint density at radius 2 is 1.82 bits per heavy atom. The number of rotatable bonds is 4. The van der Waals surface area contributed by atoms with Gasteiger partial charge in [0.2, 0.25) is 11.8 Å². The van der Waals surface area contributed by atoms with Crippen molar-refractivity contribution in [2.24, 2.45) is 17.8 Å². The maximum Gasteiger partial charge on any atom is 0.290 e. The van der Waals surface area contributed by atoms with Gasteiger partial charge in [-0.2, -0.15) is 5.10 Å².